The molecule has 1 aromatic carbocycles. The van der Waals surface area contributed by atoms with E-state index in [9.17, 15) is 14.9 Å². The molecule has 3 rings (SSSR count). The van der Waals surface area contributed by atoms with Crippen LogP contribution in [0.3, 0.4) is 0 Å². The average Bonchev–Trinajstić information content (AvgIpc) is 3.13. The summed E-state index contributed by atoms with van der Waals surface area (Å²) in [6.45, 7) is 3.70. The van der Waals surface area contributed by atoms with Gasteiger partial charge in [-0.2, -0.15) is 0 Å². The van der Waals surface area contributed by atoms with Gasteiger partial charge in [-0.3, -0.25) is 14.9 Å². The zero-order chi connectivity index (χ0) is 16.9. The molecule has 8 heteroatoms. The molecule has 0 saturated carbocycles. The van der Waals surface area contributed by atoms with Gasteiger partial charge in [-0.15, -0.1) is 0 Å². The highest BCUT2D eigenvalue weighted by Gasteiger charge is 2.24. The molecule has 0 aliphatic carbocycles. The predicted octanol–water partition coefficient (Wildman–Crippen LogP) is 1.34. The Bertz CT molecular complexity index is 610. The molecule has 24 heavy (non-hydrogen) atoms. The number of carbonyl (C=O) groups is 1. The van der Waals surface area contributed by atoms with Gasteiger partial charge in [-0.1, -0.05) is 0 Å². The number of morpholine rings is 1. The van der Waals surface area contributed by atoms with E-state index in [1.165, 1.54) is 6.07 Å². The molecule has 1 atom stereocenters. The van der Waals surface area contributed by atoms with E-state index < -0.39 is 10.8 Å². The van der Waals surface area contributed by atoms with Crippen LogP contribution >= 0.6 is 0 Å². The minimum absolute atomic E-state index is 0.00423. The van der Waals surface area contributed by atoms with Crippen molar-refractivity contribution in [2.45, 2.75) is 18.9 Å². The average molecular weight is 335 g/mol. The molecule has 130 valence electrons. The molecule has 0 spiro atoms. The molecule has 0 unspecified atom stereocenters. The summed E-state index contributed by atoms with van der Waals surface area (Å²) in [6, 6.07) is 4.67. The third-order valence-corrected chi connectivity index (χ3v) is 4.31. The Kier molecular flexibility index (Phi) is 5.27. The first-order chi connectivity index (χ1) is 11.6. The Hall–Kier alpha value is -2.19. The SMILES string of the molecule is O=C(NC[C@H]1CCCO1)c1cc(N2CCOCC2)ccc1[N+](=O)[O-]. The highest BCUT2D eigenvalue weighted by molar-refractivity contribution is 5.99. The van der Waals surface area contributed by atoms with Crippen molar-refractivity contribution < 1.29 is 19.2 Å². The van der Waals surface area contributed by atoms with Crippen molar-refractivity contribution in [2.24, 2.45) is 0 Å². The maximum atomic E-state index is 12.4. The fourth-order valence-corrected chi connectivity index (χ4v) is 2.99. The highest BCUT2D eigenvalue weighted by atomic mass is 16.6. The lowest BCUT2D eigenvalue weighted by molar-refractivity contribution is -0.385. The van der Waals surface area contributed by atoms with Crippen LogP contribution in [0, 0.1) is 10.1 Å². The first-order valence-corrected chi connectivity index (χ1v) is 8.16. The van der Waals surface area contributed by atoms with Gasteiger partial charge in [0, 0.05) is 38.0 Å². The molecular weight excluding hydrogens is 314 g/mol. The summed E-state index contributed by atoms with van der Waals surface area (Å²) in [6.07, 6.45) is 1.87. The monoisotopic (exact) mass is 335 g/mol. The number of hydrogen-bond acceptors (Lipinski definition) is 6. The molecule has 2 aliphatic heterocycles. The number of nitrogens with zero attached hydrogens (tertiary/aromatic N) is 2. The predicted molar refractivity (Wildman–Crippen MR) is 87.4 cm³/mol. The lowest BCUT2D eigenvalue weighted by Gasteiger charge is -2.29. The van der Waals surface area contributed by atoms with Crippen LogP contribution in [0.1, 0.15) is 23.2 Å². The smallest absolute Gasteiger partial charge is 0.282 e. The molecule has 0 bridgehead atoms. The van der Waals surface area contributed by atoms with E-state index in [2.05, 4.69) is 10.2 Å². The number of nitro groups is 1. The summed E-state index contributed by atoms with van der Waals surface area (Å²) >= 11 is 0. The summed E-state index contributed by atoms with van der Waals surface area (Å²) in [4.78, 5) is 25.2. The first-order valence-electron chi connectivity index (χ1n) is 8.16. The second-order valence-electron chi connectivity index (χ2n) is 5.90. The van der Waals surface area contributed by atoms with Crippen molar-refractivity contribution in [2.75, 3.05) is 44.4 Å². The minimum atomic E-state index is -0.524. The number of amides is 1. The van der Waals surface area contributed by atoms with Crippen LogP contribution in [-0.4, -0.2) is 56.4 Å². The molecule has 1 N–H and O–H groups in total. The summed E-state index contributed by atoms with van der Waals surface area (Å²) in [5.41, 5.74) is 0.699. The van der Waals surface area contributed by atoms with Crippen LogP contribution in [-0.2, 0) is 9.47 Å². The topological polar surface area (TPSA) is 93.9 Å². The van der Waals surface area contributed by atoms with Gasteiger partial charge in [0.25, 0.3) is 11.6 Å². The molecule has 2 heterocycles. The first kappa shape index (κ1) is 16.7. The molecule has 8 nitrogen and oxygen atoms in total. The van der Waals surface area contributed by atoms with Crippen LogP contribution in [0.2, 0.25) is 0 Å². The Labute approximate surface area is 139 Å². The standard InChI is InChI=1S/C16H21N3O5/c20-16(17-11-13-2-1-7-24-13)14-10-12(3-4-15(14)19(21)22)18-5-8-23-9-6-18/h3-4,10,13H,1-2,5-9,11H2,(H,17,20)/t13-/m1/s1. The summed E-state index contributed by atoms with van der Waals surface area (Å²) in [5, 5.41) is 14.0. The number of anilines is 1. The fourth-order valence-electron chi connectivity index (χ4n) is 2.99. The second kappa shape index (κ2) is 7.59. The van der Waals surface area contributed by atoms with E-state index in [-0.39, 0.29) is 17.4 Å². The molecule has 0 radical (unpaired) electrons. The zero-order valence-corrected chi connectivity index (χ0v) is 13.4. The fraction of sp³-hybridized carbons (Fsp3) is 0.562. The number of hydrogen-bond donors (Lipinski definition) is 1. The van der Waals surface area contributed by atoms with Crippen LogP contribution in [0.15, 0.2) is 18.2 Å². The minimum Gasteiger partial charge on any atom is -0.378 e. The number of nitrogens with one attached hydrogen (secondary N) is 1. The Balaban J connectivity index is 1.76. The van der Waals surface area contributed by atoms with Crippen molar-refractivity contribution in [3.05, 3.63) is 33.9 Å². The lowest BCUT2D eigenvalue weighted by Crippen LogP contribution is -2.36. The van der Waals surface area contributed by atoms with Crippen molar-refractivity contribution in [1.82, 2.24) is 5.32 Å². The normalized spacial score (nSPS) is 20.8. The number of nitro benzene ring substituents is 1. The van der Waals surface area contributed by atoms with Crippen LogP contribution in [0.5, 0.6) is 0 Å². The summed E-state index contributed by atoms with van der Waals surface area (Å²) in [5.74, 6) is -0.438. The molecule has 2 aliphatic rings. The lowest BCUT2D eigenvalue weighted by atomic mass is 10.1. The maximum absolute atomic E-state index is 12.4. The van der Waals surface area contributed by atoms with E-state index in [1.807, 2.05) is 0 Å². The molecule has 0 aromatic heterocycles. The van der Waals surface area contributed by atoms with Gasteiger partial charge in [-0.25, -0.2) is 0 Å². The van der Waals surface area contributed by atoms with Gasteiger partial charge >= 0.3 is 0 Å². The number of benzene rings is 1. The van der Waals surface area contributed by atoms with E-state index in [4.69, 9.17) is 9.47 Å². The zero-order valence-electron chi connectivity index (χ0n) is 13.4. The molecular formula is C16H21N3O5. The third kappa shape index (κ3) is 3.82. The number of carbonyl (C=O) groups excluding carboxylic acids is 1. The van der Waals surface area contributed by atoms with Gasteiger partial charge in [0.15, 0.2) is 0 Å². The molecule has 2 saturated heterocycles. The quantitative estimate of drug-likeness (QED) is 0.645. The molecule has 2 fully saturated rings. The third-order valence-electron chi connectivity index (χ3n) is 4.31. The van der Waals surface area contributed by atoms with Gasteiger partial charge in [0.2, 0.25) is 0 Å². The summed E-state index contributed by atoms with van der Waals surface area (Å²) < 4.78 is 10.8. The van der Waals surface area contributed by atoms with Gasteiger partial charge in [-0.05, 0) is 25.0 Å². The molecule has 1 aromatic rings. The van der Waals surface area contributed by atoms with E-state index in [1.54, 1.807) is 12.1 Å². The largest absolute Gasteiger partial charge is 0.378 e. The van der Waals surface area contributed by atoms with Crippen LogP contribution in [0.4, 0.5) is 11.4 Å². The van der Waals surface area contributed by atoms with Crippen LogP contribution in [0.25, 0.3) is 0 Å². The van der Waals surface area contributed by atoms with E-state index in [0.717, 1.165) is 18.5 Å². The van der Waals surface area contributed by atoms with Crippen LogP contribution < -0.4 is 10.2 Å². The van der Waals surface area contributed by atoms with E-state index in [0.29, 0.717) is 39.5 Å². The van der Waals surface area contributed by atoms with Crippen molar-refractivity contribution in [3.63, 3.8) is 0 Å². The van der Waals surface area contributed by atoms with Crippen molar-refractivity contribution in [1.29, 1.82) is 0 Å². The van der Waals surface area contributed by atoms with Crippen molar-refractivity contribution in [3.8, 4) is 0 Å². The Morgan fingerprint density at radius 1 is 1.33 bits per heavy atom. The Morgan fingerprint density at radius 3 is 2.79 bits per heavy atom. The van der Waals surface area contributed by atoms with E-state index >= 15 is 0 Å². The molecule has 1 amide bonds. The second-order valence-corrected chi connectivity index (χ2v) is 5.90. The van der Waals surface area contributed by atoms with Gasteiger partial charge < -0.3 is 19.7 Å². The van der Waals surface area contributed by atoms with Crippen molar-refractivity contribution >= 4 is 17.3 Å². The highest BCUT2D eigenvalue weighted by Crippen LogP contribution is 2.26. The van der Waals surface area contributed by atoms with Gasteiger partial charge in [0.1, 0.15) is 5.56 Å². The Morgan fingerprint density at radius 2 is 2.12 bits per heavy atom. The van der Waals surface area contributed by atoms with Gasteiger partial charge in [0.05, 0.1) is 24.2 Å². The number of ether oxygens (including phenoxy) is 2. The number of rotatable bonds is 5. The maximum Gasteiger partial charge on any atom is 0.282 e. The summed E-state index contributed by atoms with van der Waals surface area (Å²) in [7, 11) is 0.